The van der Waals surface area contributed by atoms with E-state index in [-0.39, 0.29) is 17.8 Å². The first-order valence-corrected chi connectivity index (χ1v) is 14.4. The lowest BCUT2D eigenvalue weighted by atomic mass is 9.77. The van der Waals surface area contributed by atoms with Gasteiger partial charge in [0.25, 0.3) is 0 Å². The summed E-state index contributed by atoms with van der Waals surface area (Å²) in [5, 5.41) is 2.73. The van der Waals surface area contributed by atoms with E-state index in [9.17, 15) is 4.79 Å². The predicted octanol–water partition coefficient (Wildman–Crippen LogP) is 6.28. The molecule has 212 valence electrons. The fraction of sp³-hybridized carbons (Fsp3) is 0.194. The molecule has 0 saturated carbocycles. The highest BCUT2D eigenvalue weighted by Crippen LogP contribution is 2.40. The van der Waals surface area contributed by atoms with Crippen LogP contribution in [0.4, 0.5) is 0 Å². The molecule has 0 radical (unpaired) electrons. The van der Waals surface area contributed by atoms with Gasteiger partial charge in [-0.15, -0.1) is 0 Å². The number of aliphatic imine (C=N–C) groups is 1. The first-order chi connectivity index (χ1) is 20.6. The number of nitrogens with two attached hydrogens (primary N) is 1. The zero-order valence-electron chi connectivity index (χ0n) is 23.9. The summed E-state index contributed by atoms with van der Waals surface area (Å²) in [6.07, 6.45) is 5.89. The average Bonchev–Trinajstić information content (AvgIpc) is 3.51. The van der Waals surface area contributed by atoms with Crippen molar-refractivity contribution in [3.63, 3.8) is 0 Å². The van der Waals surface area contributed by atoms with E-state index in [0.29, 0.717) is 13.0 Å². The van der Waals surface area contributed by atoms with Crippen LogP contribution in [0.25, 0.3) is 0 Å². The summed E-state index contributed by atoms with van der Waals surface area (Å²) >= 11 is 0. The lowest BCUT2D eigenvalue weighted by Gasteiger charge is -2.37. The van der Waals surface area contributed by atoms with Crippen molar-refractivity contribution in [2.75, 3.05) is 6.54 Å². The molecule has 1 amide bonds. The highest BCUT2D eigenvalue weighted by Gasteiger charge is 2.38. The monoisotopic (exact) mass is 555 g/mol. The van der Waals surface area contributed by atoms with Crippen LogP contribution >= 0.6 is 0 Å². The SMILES string of the molecule is CC(CC(=O)NC(N)=NCCCc1cn(C(c2ccccc2)(c2ccccc2)c2ccccc2)cn1)c1ccccc1. The van der Waals surface area contributed by atoms with Gasteiger partial charge in [-0.25, -0.2) is 4.98 Å². The standard InChI is InChI=1S/C36H37N5O/c1-28(29-15-6-2-7-16-29)25-34(42)40-35(37)38-24-14-23-33-26-41(27-39-33)36(30-17-8-3-9-18-30,31-19-10-4-11-20-31)32-21-12-5-13-22-32/h2-13,15-22,26-28H,14,23-25H2,1H3,(H3,37,38,40,42). The van der Waals surface area contributed by atoms with Gasteiger partial charge >= 0.3 is 0 Å². The number of carbonyl (C=O) groups is 1. The number of aryl methyl sites for hydroxylation is 1. The summed E-state index contributed by atoms with van der Waals surface area (Å²) < 4.78 is 2.22. The zero-order valence-corrected chi connectivity index (χ0v) is 23.9. The second-order valence-corrected chi connectivity index (χ2v) is 10.5. The van der Waals surface area contributed by atoms with E-state index in [1.54, 1.807) is 0 Å². The van der Waals surface area contributed by atoms with Crippen molar-refractivity contribution in [1.29, 1.82) is 0 Å². The summed E-state index contributed by atoms with van der Waals surface area (Å²) in [4.78, 5) is 21.6. The maximum atomic E-state index is 12.5. The lowest BCUT2D eigenvalue weighted by molar-refractivity contribution is -0.120. The highest BCUT2D eigenvalue weighted by molar-refractivity contribution is 5.96. The van der Waals surface area contributed by atoms with E-state index in [1.807, 2.05) is 61.8 Å². The van der Waals surface area contributed by atoms with Gasteiger partial charge in [0, 0.05) is 19.2 Å². The third-order valence-electron chi connectivity index (χ3n) is 7.60. The van der Waals surface area contributed by atoms with Crippen LogP contribution in [-0.4, -0.2) is 28.0 Å². The number of rotatable bonds is 11. The molecule has 0 aliphatic rings. The first kappa shape index (κ1) is 28.6. The van der Waals surface area contributed by atoms with Gasteiger partial charge in [0.15, 0.2) is 5.96 Å². The van der Waals surface area contributed by atoms with Gasteiger partial charge in [-0.1, -0.05) is 128 Å². The maximum absolute atomic E-state index is 12.5. The van der Waals surface area contributed by atoms with Gasteiger partial charge in [0.05, 0.1) is 12.0 Å². The molecule has 5 rings (SSSR count). The van der Waals surface area contributed by atoms with Crippen LogP contribution in [0.3, 0.4) is 0 Å². The molecule has 0 fully saturated rings. The number of nitrogens with one attached hydrogen (secondary N) is 1. The second-order valence-electron chi connectivity index (χ2n) is 10.5. The number of hydrogen-bond acceptors (Lipinski definition) is 3. The first-order valence-electron chi connectivity index (χ1n) is 14.4. The van der Waals surface area contributed by atoms with Crippen LogP contribution in [0.5, 0.6) is 0 Å². The Morgan fingerprint density at radius 2 is 1.33 bits per heavy atom. The van der Waals surface area contributed by atoms with Gasteiger partial charge in [-0.3, -0.25) is 15.1 Å². The number of guanidine groups is 1. The number of aromatic nitrogens is 2. The molecule has 4 aromatic carbocycles. The third-order valence-corrected chi connectivity index (χ3v) is 7.60. The number of benzene rings is 4. The Morgan fingerprint density at radius 1 is 0.833 bits per heavy atom. The van der Waals surface area contributed by atoms with E-state index in [1.165, 1.54) is 0 Å². The Balaban J connectivity index is 1.29. The Kier molecular flexibility index (Phi) is 9.24. The average molecular weight is 556 g/mol. The molecule has 6 heteroatoms. The maximum Gasteiger partial charge on any atom is 0.227 e. The summed E-state index contributed by atoms with van der Waals surface area (Å²) in [6.45, 7) is 2.53. The minimum absolute atomic E-state index is 0.101. The Morgan fingerprint density at radius 3 is 1.86 bits per heavy atom. The minimum Gasteiger partial charge on any atom is -0.370 e. The molecule has 0 saturated heterocycles. The predicted molar refractivity (Wildman–Crippen MR) is 169 cm³/mol. The summed E-state index contributed by atoms with van der Waals surface area (Å²) in [5.41, 5.74) is 11.0. The highest BCUT2D eigenvalue weighted by atomic mass is 16.1. The summed E-state index contributed by atoms with van der Waals surface area (Å²) in [5.74, 6) is 0.122. The largest absolute Gasteiger partial charge is 0.370 e. The molecule has 1 atom stereocenters. The van der Waals surface area contributed by atoms with Gasteiger partial charge in [-0.05, 0) is 41.0 Å². The third kappa shape index (κ3) is 6.50. The van der Waals surface area contributed by atoms with Crippen LogP contribution in [0.2, 0.25) is 0 Å². The van der Waals surface area contributed by atoms with Gasteiger partial charge in [-0.2, -0.15) is 0 Å². The topological polar surface area (TPSA) is 85.3 Å². The van der Waals surface area contributed by atoms with Crippen molar-refractivity contribution in [2.24, 2.45) is 10.7 Å². The molecule has 3 N–H and O–H groups in total. The summed E-state index contributed by atoms with van der Waals surface area (Å²) in [6, 6.07) is 41.6. The number of amides is 1. The van der Waals surface area contributed by atoms with Crippen molar-refractivity contribution in [3.05, 3.63) is 162 Å². The lowest BCUT2D eigenvalue weighted by Crippen LogP contribution is -2.37. The molecule has 5 aromatic rings. The van der Waals surface area contributed by atoms with E-state index in [0.717, 1.165) is 40.8 Å². The van der Waals surface area contributed by atoms with Gasteiger partial charge < -0.3 is 10.3 Å². The number of hydrogen-bond donors (Lipinski definition) is 2. The van der Waals surface area contributed by atoms with Crippen molar-refractivity contribution >= 4 is 11.9 Å². The van der Waals surface area contributed by atoms with Crippen molar-refractivity contribution in [3.8, 4) is 0 Å². The minimum atomic E-state index is -0.585. The van der Waals surface area contributed by atoms with Gasteiger partial charge in [0.2, 0.25) is 5.91 Å². The van der Waals surface area contributed by atoms with Crippen molar-refractivity contribution in [1.82, 2.24) is 14.9 Å². The van der Waals surface area contributed by atoms with Crippen molar-refractivity contribution < 1.29 is 4.79 Å². The Labute approximate surface area is 248 Å². The molecule has 1 unspecified atom stereocenters. The molecule has 42 heavy (non-hydrogen) atoms. The molecule has 0 aliphatic heterocycles. The fourth-order valence-electron chi connectivity index (χ4n) is 5.53. The molecule has 0 spiro atoms. The van der Waals surface area contributed by atoms with E-state index >= 15 is 0 Å². The van der Waals surface area contributed by atoms with Crippen LogP contribution in [0, 0.1) is 0 Å². The van der Waals surface area contributed by atoms with Crippen LogP contribution in [0.15, 0.2) is 139 Å². The molecule has 0 bridgehead atoms. The smallest absolute Gasteiger partial charge is 0.227 e. The molecular weight excluding hydrogens is 518 g/mol. The second kappa shape index (κ2) is 13.6. The quantitative estimate of drug-likeness (QED) is 0.0871. The Bertz CT molecular complexity index is 1480. The van der Waals surface area contributed by atoms with Crippen molar-refractivity contribution in [2.45, 2.75) is 37.6 Å². The van der Waals surface area contributed by atoms with Crippen LogP contribution in [-0.2, 0) is 16.8 Å². The number of imidazole rings is 1. The van der Waals surface area contributed by atoms with Crippen LogP contribution in [0.1, 0.15) is 53.6 Å². The summed E-state index contributed by atoms with van der Waals surface area (Å²) in [7, 11) is 0. The number of nitrogens with zero attached hydrogens (tertiary/aromatic N) is 3. The normalized spacial score (nSPS) is 12.5. The van der Waals surface area contributed by atoms with Crippen LogP contribution < -0.4 is 11.1 Å². The molecule has 0 aliphatic carbocycles. The molecule has 1 aromatic heterocycles. The van der Waals surface area contributed by atoms with Gasteiger partial charge in [0.1, 0.15) is 5.54 Å². The molecule has 6 nitrogen and oxygen atoms in total. The molecular formula is C36H37N5O. The fourth-order valence-corrected chi connectivity index (χ4v) is 5.53. The zero-order chi connectivity index (χ0) is 29.2. The van der Waals surface area contributed by atoms with E-state index in [2.05, 4.69) is 93.9 Å². The Hall–Kier alpha value is -4.97. The molecule has 1 heterocycles. The van der Waals surface area contributed by atoms with E-state index in [4.69, 9.17) is 10.7 Å². The number of carbonyl (C=O) groups excluding carboxylic acids is 1. The van der Waals surface area contributed by atoms with E-state index < -0.39 is 5.54 Å².